The third-order valence-electron chi connectivity index (χ3n) is 3.73. The summed E-state index contributed by atoms with van der Waals surface area (Å²) < 4.78 is 5.95. The molecule has 0 aliphatic carbocycles. The van der Waals surface area contributed by atoms with Crippen molar-refractivity contribution in [2.45, 2.75) is 12.8 Å². The summed E-state index contributed by atoms with van der Waals surface area (Å²) in [6.07, 6.45) is 6.15. The Morgan fingerprint density at radius 3 is 2.85 bits per heavy atom. The minimum atomic E-state index is 0.633. The van der Waals surface area contributed by atoms with Gasteiger partial charge in [0.25, 0.3) is 0 Å². The topological polar surface area (TPSA) is 34.1 Å². The molecular formula is C17H20N2O. The molecule has 1 aromatic carbocycles. The van der Waals surface area contributed by atoms with E-state index >= 15 is 0 Å². The van der Waals surface area contributed by atoms with E-state index in [0.717, 1.165) is 25.4 Å². The quantitative estimate of drug-likeness (QED) is 0.925. The molecule has 0 radical (unpaired) electrons. The van der Waals surface area contributed by atoms with Crippen molar-refractivity contribution in [1.29, 1.82) is 0 Å². The number of nitrogens with one attached hydrogen (secondary N) is 1. The van der Waals surface area contributed by atoms with Crippen LogP contribution in [0.4, 0.5) is 0 Å². The molecule has 1 fully saturated rings. The number of rotatable bonds is 4. The first kappa shape index (κ1) is 13.1. The highest BCUT2D eigenvalue weighted by molar-refractivity contribution is 5.64. The molecule has 3 nitrogen and oxygen atoms in total. The highest BCUT2D eigenvalue weighted by atomic mass is 16.5. The number of benzene rings is 1. The third-order valence-corrected chi connectivity index (χ3v) is 3.73. The van der Waals surface area contributed by atoms with Gasteiger partial charge in [0.15, 0.2) is 0 Å². The fraction of sp³-hybridized carbons (Fsp3) is 0.353. The molecule has 2 aromatic rings. The largest absolute Gasteiger partial charge is 0.493 e. The molecule has 1 unspecified atom stereocenters. The number of nitrogens with zero attached hydrogens (tertiary/aromatic N) is 1. The van der Waals surface area contributed by atoms with Gasteiger partial charge in [-0.3, -0.25) is 4.98 Å². The van der Waals surface area contributed by atoms with Crippen LogP contribution in [-0.4, -0.2) is 24.7 Å². The van der Waals surface area contributed by atoms with Gasteiger partial charge in [-0.05, 0) is 54.8 Å². The zero-order valence-corrected chi connectivity index (χ0v) is 11.6. The molecule has 1 aromatic heterocycles. The van der Waals surface area contributed by atoms with Crippen LogP contribution in [0.2, 0.25) is 0 Å². The highest BCUT2D eigenvalue weighted by Crippen LogP contribution is 2.24. The van der Waals surface area contributed by atoms with Gasteiger partial charge in [-0.2, -0.15) is 0 Å². The van der Waals surface area contributed by atoms with Crippen LogP contribution in [0.5, 0.6) is 5.75 Å². The van der Waals surface area contributed by atoms with Crippen molar-refractivity contribution in [3.63, 3.8) is 0 Å². The van der Waals surface area contributed by atoms with E-state index in [-0.39, 0.29) is 0 Å². The van der Waals surface area contributed by atoms with E-state index in [9.17, 15) is 0 Å². The van der Waals surface area contributed by atoms with Crippen LogP contribution in [0.3, 0.4) is 0 Å². The SMILES string of the molecule is c1cc(OCC2CCCNC2)cc(-c2ccncc2)c1. The Balaban J connectivity index is 1.65. The number of aromatic nitrogens is 1. The van der Waals surface area contributed by atoms with Crippen LogP contribution >= 0.6 is 0 Å². The van der Waals surface area contributed by atoms with Crippen molar-refractivity contribution >= 4 is 0 Å². The van der Waals surface area contributed by atoms with Crippen molar-refractivity contribution in [2.24, 2.45) is 5.92 Å². The molecule has 0 spiro atoms. The Kier molecular flexibility index (Phi) is 4.28. The standard InChI is InChI=1S/C17H20N2O/c1-4-16(15-6-9-18-10-7-15)11-17(5-1)20-13-14-3-2-8-19-12-14/h1,4-7,9-11,14,19H,2-3,8,12-13H2. The fourth-order valence-corrected chi connectivity index (χ4v) is 2.59. The van der Waals surface area contributed by atoms with Crippen molar-refractivity contribution in [1.82, 2.24) is 10.3 Å². The Morgan fingerprint density at radius 2 is 2.05 bits per heavy atom. The average molecular weight is 268 g/mol. The second-order valence-electron chi connectivity index (χ2n) is 5.29. The third kappa shape index (κ3) is 3.36. The molecule has 1 saturated heterocycles. The maximum absolute atomic E-state index is 5.95. The van der Waals surface area contributed by atoms with E-state index in [4.69, 9.17) is 4.74 Å². The van der Waals surface area contributed by atoms with Crippen LogP contribution in [-0.2, 0) is 0 Å². The lowest BCUT2D eigenvalue weighted by atomic mass is 10.0. The zero-order chi connectivity index (χ0) is 13.6. The molecule has 0 bridgehead atoms. The Morgan fingerprint density at radius 1 is 1.15 bits per heavy atom. The molecular weight excluding hydrogens is 248 g/mol. The average Bonchev–Trinajstić information content (AvgIpc) is 2.55. The lowest BCUT2D eigenvalue weighted by molar-refractivity contribution is 0.218. The molecule has 0 saturated carbocycles. The Bertz CT molecular complexity index is 536. The molecule has 2 heterocycles. The summed E-state index contributed by atoms with van der Waals surface area (Å²) in [5.41, 5.74) is 2.34. The molecule has 1 aliphatic heterocycles. The van der Waals surface area contributed by atoms with Gasteiger partial charge in [0.1, 0.15) is 5.75 Å². The van der Waals surface area contributed by atoms with Crippen LogP contribution in [0.15, 0.2) is 48.8 Å². The molecule has 20 heavy (non-hydrogen) atoms. The van der Waals surface area contributed by atoms with Crippen LogP contribution in [0.25, 0.3) is 11.1 Å². The molecule has 1 N–H and O–H groups in total. The van der Waals surface area contributed by atoms with Crippen LogP contribution in [0, 0.1) is 5.92 Å². The minimum absolute atomic E-state index is 0.633. The summed E-state index contributed by atoms with van der Waals surface area (Å²) in [7, 11) is 0. The van der Waals surface area contributed by atoms with Gasteiger partial charge in [-0.25, -0.2) is 0 Å². The van der Waals surface area contributed by atoms with Gasteiger partial charge in [0.2, 0.25) is 0 Å². The van der Waals surface area contributed by atoms with Crippen LogP contribution < -0.4 is 10.1 Å². The predicted molar refractivity (Wildman–Crippen MR) is 80.8 cm³/mol. The summed E-state index contributed by atoms with van der Waals surface area (Å²) in [6, 6.07) is 12.3. The number of pyridine rings is 1. The van der Waals surface area contributed by atoms with Gasteiger partial charge in [-0.15, -0.1) is 0 Å². The van der Waals surface area contributed by atoms with Crippen molar-refractivity contribution in [3.05, 3.63) is 48.8 Å². The normalized spacial score (nSPS) is 18.7. The zero-order valence-electron chi connectivity index (χ0n) is 11.6. The maximum Gasteiger partial charge on any atom is 0.119 e. The number of hydrogen-bond acceptors (Lipinski definition) is 3. The fourth-order valence-electron chi connectivity index (χ4n) is 2.59. The molecule has 0 amide bonds. The first-order valence-electron chi connectivity index (χ1n) is 7.26. The van der Waals surface area contributed by atoms with E-state index in [0.29, 0.717) is 5.92 Å². The van der Waals surface area contributed by atoms with E-state index in [2.05, 4.69) is 22.4 Å². The Hall–Kier alpha value is -1.87. The Labute approximate surface area is 120 Å². The van der Waals surface area contributed by atoms with E-state index < -0.39 is 0 Å². The highest BCUT2D eigenvalue weighted by Gasteiger charge is 2.13. The van der Waals surface area contributed by atoms with Crippen molar-refractivity contribution in [2.75, 3.05) is 19.7 Å². The van der Waals surface area contributed by atoms with Gasteiger partial charge in [0, 0.05) is 24.9 Å². The molecule has 104 valence electrons. The molecule has 1 atom stereocenters. The summed E-state index contributed by atoms with van der Waals surface area (Å²) >= 11 is 0. The smallest absolute Gasteiger partial charge is 0.119 e. The van der Waals surface area contributed by atoms with E-state index in [1.54, 1.807) is 0 Å². The number of piperidine rings is 1. The molecule has 3 rings (SSSR count). The van der Waals surface area contributed by atoms with Gasteiger partial charge in [-0.1, -0.05) is 12.1 Å². The lowest BCUT2D eigenvalue weighted by Crippen LogP contribution is -2.33. The monoisotopic (exact) mass is 268 g/mol. The second kappa shape index (κ2) is 6.53. The van der Waals surface area contributed by atoms with Gasteiger partial charge < -0.3 is 10.1 Å². The van der Waals surface area contributed by atoms with E-state index in [1.165, 1.54) is 24.0 Å². The minimum Gasteiger partial charge on any atom is -0.493 e. The first-order valence-corrected chi connectivity index (χ1v) is 7.26. The summed E-state index contributed by atoms with van der Waals surface area (Å²) in [4.78, 5) is 4.05. The maximum atomic E-state index is 5.95. The predicted octanol–water partition coefficient (Wildman–Crippen LogP) is 3.13. The first-order chi connectivity index (χ1) is 9.92. The summed E-state index contributed by atoms with van der Waals surface area (Å²) in [5, 5.41) is 3.42. The van der Waals surface area contributed by atoms with Crippen LogP contribution in [0.1, 0.15) is 12.8 Å². The summed E-state index contributed by atoms with van der Waals surface area (Å²) in [6.45, 7) is 3.02. The van der Waals surface area contributed by atoms with Gasteiger partial charge in [0.05, 0.1) is 6.61 Å². The van der Waals surface area contributed by atoms with Crippen molar-refractivity contribution < 1.29 is 4.74 Å². The van der Waals surface area contributed by atoms with E-state index in [1.807, 2.05) is 36.7 Å². The second-order valence-corrected chi connectivity index (χ2v) is 5.29. The van der Waals surface area contributed by atoms with Crippen molar-refractivity contribution in [3.8, 4) is 16.9 Å². The number of hydrogen-bond donors (Lipinski definition) is 1. The molecule has 3 heteroatoms. The summed E-state index contributed by atoms with van der Waals surface area (Å²) in [5.74, 6) is 1.58. The lowest BCUT2D eigenvalue weighted by Gasteiger charge is -2.22. The number of ether oxygens (including phenoxy) is 1. The molecule has 1 aliphatic rings. The van der Waals surface area contributed by atoms with Gasteiger partial charge >= 0.3 is 0 Å².